The van der Waals surface area contributed by atoms with Gasteiger partial charge in [-0.05, 0) is 78.4 Å². The molecule has 0 spiro atoms. The van der Waals surface area contributed by atoms with Crippen LogP contribution in [0.4, 0.5) is 10.1 Å². The molecule has 0 bridgehead atoms. The number of rotatable bonds is 19. The second-order valence-corrected chi connectivity index (χ2v) is 11.3. The summed E-state index contributed by atoms with van der Waals surface area (Å²) in [4.78, 5) is 36.9. The summed E-state index contributed by atoms with van der Waals surface area (Å²) < 4.78 is 18.8. The highest BCUT2D eigenvalue weighted by Crippen LogP contribution is 2.20. The third-order valence-corrected chi connectivity index (χ3v) is 7.81. The number of carbonyl (C=O) groups is 3. The van der Waals surface area contributed by atoms with Gasteiger partial charge < -0.3 is 4.74 Å². The Morgan fingerprint density at radius 3 is 1.82 bits per heavy atom. The van der Waals surface area contributed by atoms with Crippen LogP contribution in [0.2, 0.25) is 0 Å². The van der Waals surface area contributed by atoms with E-state index in [-0.39, 0.29) is 23.4 Å². The van der Waals surface area contributed by atoms with Gasteiger partial charge in [0.2, 0.25) is 0 Å². The van der Waals surface area contributed by atoms with Gasteiger partial charge in [0.25, 0.3) is 11.8 Å². The summed E-state index contributed by atoms with van der Waals surface area (Å²) in [6, 6.07) is 21.3. The molecule has 0 atom stereocenters. The molecule has 0 N–H and O–H groups in total. The lowest BCUT2D eigenvalue weighted by Gasteiger charge is -2.14. The van der Waals surface area contributed by atoms with E-state index in [1.54, 1.807) is 18.2 Å². The first-order chi connectivity index (χ1) is 21.5. The van der Waals surface area contributed by atoms with E-state index in [4.69, 9.17) is 4.74 Å². The monoisotopic (exact) mass is 595 g/mol. The standard InChI is InChI=1S/C38H42FNO4/c39-34-21-19-33(20-22-34)36(41)25-18-31-14-12-30(13-15-31)11-9-7-5-3-1-2-4-6-8-10-28-44-29-32-16-23-35(24-17-32)40-37(42)26-27-38(40)43/h12-27H,1-11,28-29H2. The molecule has 4 rings (SSSR count). The van der Waals surface area contributed by atoms with E-state index < -0.39 is 0 Å². The van der Waals surface area contributed by atoms with Gasteiger partial charge in [-0.15, -0.1) is 0 Å². The minimum atomic E-state index is -0.345. The number of amides is 2. The number of anilines is 1. The Balaban J connectivity index is 0.947. The second-order valence-electron chi connectivity index (χ2n) is 11.3. The molecule has 1 aliphatic rings. The Bertz CT molecular complexity index is 1390. The summed E-state index contributed by atoms with van der Waals surface area (Å²) in [5.41, 5.74) is 4.40. The van der Waals surface area contributed by atoms with Crippen LogP contribution in [0.25, 0.3) is 6.08 Å². The van der Waals surface area contributed by atoms with Crippen molar-refractivity contribution in [2.45, 2.75) is 77.2 Å². The molecular weight excluding hydrogens is 553 g/mol. The number of carbonyl (C=O) groups excluding carboxylic acids is 3. The smallest absolute Gasteiger partial charge is 0.258 e. The molecule has 0 radical (unpaired) electrons. The summed E-state index contributed by atoms with van der Waals surface area (Å²) in [7, 11) is 0. The van der Waals surface area contributed by atoms with Crippen LogP contribution >= 0.6 is 0 Å². The minimum absolute atomic E-state index is 0.132. The van der Waals surface area contributed by atoms with Crippen LogP contribution in [0.1, 0.15) is 91.3 Å². The SMILES string of the molecule is O=C(C=Cc1ccc(CCCCCCCCCCCCOCc2ccc(N3C(=O)C=CC3=O)cc2)cc1)c1ccc(F)cc1. The van der Waals surface area contributed by atoms with E-state index in [1.807, 2.05) is 24.3 Å². The molecule has 6 heteroatoms. The molecule has 1 heterocycles. The molecule has 1 aliphatic heterocycles. The van der Waals surface area contributed by atoms with Crippen LogP contribution in [-0.4, -0.2) is 24.2 Å². The molecule has 5 nitrogen and oxygen atoms in total. The number of hydrogen-bond acceptors (Lipinski definition) is 4. The van der Waals surface area contributed by atoms with Crippen molar-refractivity contribution >= 4 is 29.4 Å². The zero-order valence-corrected chi connectivity index (χ0v) is 25.4. The predicted octanol–water partition coefficient (Wildman–Crippen LogP) is 8.81. The number of ketones is 1. The first-order valence-corrected chi connectivity index (χ1v) is 15.8. The largest absolute Gasteiger partial charge is 0.377 e. The number of hydrogen-bond donors (Lipinski definition) is 0. The van der Waals surface area contributed by atoms with Crippen molar-refractivity contribution in [1.29, 1.82) is 0 Å². The zero-order chi connectivity index (χ0) is 31.0. The maximum atomic E-state index is 13.0. The van der Waals surface area contributed by atoms with Gasteiger partial charge in [-0.2, -0.15) is 0 Å². The molecule has 3 aromatic carbocycles. The Labute approximate surface area is 260 Å². The van der Waals surface area contributed by atoms with Crippen LogP contribution < -0.4 is 4.90 Å². The normalized spacial score (nSPS) is 13.0. The van der Waals surface area contributed by atoms with Crippen molar-refractivity contribution in [2.75, 3.05) is 11.5 Å². The number of unbranched alkanes of at least 4 members (excludes halogenated alkanes) is 9. The zero-order valence-electron chi connectivity index (χ0n) is 25.4. The van der Waals surface area contributed by atoms with E-state index in [0.717, 1.165) is 30.6 Å². The van der Waals surface area contributed by atoms with Gasteiger partial charge in [0.15, 0.2) is 5.78 Å². The maximum Gasteiger partial charge on any atom is 0.258 e. The topological polar surface area (TPSA) is 63.7 Å². The first kappa shape index (κ1) is 32.7. The fourth-order valence-corrected chi connectivity index (χ4v) is 5.21. The third-order valence-electron chi connectivity index (χ3n) is 7.81. The molecule has 0 aromatic heterocycles. The molecule has 0 saturated carbocycles. The average Bonchev–Trinajstić information content (AvgIpc) is 3.38. The van der Waals surface area contributed by atoms with Crippen molar-refractivity contribution in [2.24, 2.45) is 0 Å². The lowest BCUT2D eigenvalue weighted by molar-refractivity contribution is -0.119. The number of imide groups is 1. The number of aryl methyl sites for hydroxylation is 1. The van der Waals surface area contributed by atoms with Crippen molar-refractivity contribution in [3.63, 3.8) is 0 Å². The van der Waals surface area contributed by atoms with Crippen molar-refractivity contribution in [1.82, 2.24) is 0 Å². The van der Waals surface area contributed by atoms with Gasteiger partial charge >= 0.3 is 0 Å². The second kappa shape index (κ2) is 17.8. The lowest BCUT2D eigenvalue weighted by atomic mass is 10.0. The van der Waals surface area contributed by atoms with Crippen molar-refractivity contribution < 1.29 is 23.5 Å². The van der Waals surface area contributed by atoms with Gasteiger partial charge in [0, 0.05) is 24.3 Å². The van der Waals surface area contributed by atoms with E-state index in [2.05, 4.69) is 12.1 Å². The van der Waals surface area contributed by atoms with Gasteiger partial charge in [0.05, 0.1) is 12.3 Å². The quantitative estimate of drug-likeness (QED) is 0.0601. The van der Waals surface area contributed by atoms with Crippen molar-refractivity contribution in [3.05, 3.63) is 119 Å². The van der Waals surface area contributed by atoms with Gasteiger partial charge in [-0.3, -0.25) is 14.4 Å². The molecule has 0 saturated heterocycles. The van der Waals surface area contributed by atoms with E-state index >= 15 is 0 Å². The van der Waals surface area contributed by atoms with Gasteiger partial charge in [0.1, 0.15) is 5.82 Å². The average molecular weight is 596 g/mol. The van der Waals surface area contributed by atoms with Crippen molar-refractivity contribution in [3.8, 4) is 0 Å². The van der Waals surface area contributed by atoms with Gasteiger partial charge in [-0.1, -0.05) is 93.8 Å². The summed E-state index contributed by atoms with van der Waals surface area (Å²) in [5.74, 6) is -1.09. The van der Waals surface area contributed by atoms with Crippen LogP contribution in [0.5, 0.6) is 0 Å². The summed E-state index contributed by atoms with van der Waals surface area (Å²) in [6.07, 6.45) is 19.4. The van der Waals surface area contributed by atoms with Crippen LogP contribution in [0.3, 0.4) is 0 Å². The Morgan fingerprint density at radius 1 is 0.659 bits per heavy atom. The number of halogens is 1. The maximum absolute atomic E-state index is 13.0. The van der Waals surface area contributed by atoms with E-state index in [9.17, 15) is 18.8 Å². The van der Waals surface area contributed by atoms with E-state index in [0.29, 0.717) is 17.9 Å². The molecule has 3 aromatic rings. The van der Waals surface area contributed by atoms with E-state index in [1.165, 1.54) is 111 Å². The Morgan fingerprint density at radius 2 is 1.20 bits per heavy atom. The molecular formula is C38H42FNO4. The predicted molar refractivity (Wildman–Crippen MR) is 174 cm³/mol. The fourth-order valence-electron chi connectivity index (χ4n) is 5.21. The highest BCUT2D eigenvalue weighted by Gasteiger charge is 2.24. The Kier molecular flexibility index (Phi) is 13.3. The third kappa shape index (κ3) is 10.8. The van der Waals surface area contributed by atoms with Crippen LogP contribution in [0, 0.1) is 5.82 Å². The molecule has 0 unspecified atom stereocenters. The number of allylic oxidation sites excluding steroid dienone is 1. The molecule has 230 valence electrons. The highest BCUT2D eigenvalue weighted by atomic mass is 19.1. The first-order valence-electron chi connectivity index (χ1n) is 15.8. The Hall–Kier alpha value is -4.16. The molecule has 0 aliphatic carbocycles. The summed E-state index contributed by atoms with van der Waals surface area (Å²) >= 11 is 0. The number of benzene rings is 3. The molecule has 2 amide bonds. The number of nitrogens with zero attached hydrogens (tertiary/aromatic N) is 1. The fraction of sp³-hybridized carbons (Fsp3) is 0.342. The number of ether oxygens (including phenoxy) is 1. The molecule has 44 heavy (non-hydrogen) atoms. The van der Waals surface area contributed by atoms with Crippen LogP contribution in [-0.2, 0) is 27.4 Å². The summed E-state index contributed by atoms with van der Waals surface area (Å²) in [6.45, 7) is 1.27. The van der Waals surface area contributed by atoms with Crippen LogP contribution in [0.15, 0.2) is 91.0 Å². The minimum Gasteiger partial charge on any atom is -0.377 e. The van der Waals surface area contributed by atoms with Gasteiger partial charge in [-0.25, -0.2) is 9.29 Å². The lowest BCUT2D eigenvalue weighted by Crippen LogP contribution is -2.29. The molecule has 0 fully saturated rings. The highest BCUT2D eigenvalue weighted by molar-refractivity contribution is 6.28. The summed E-state index contributed by atoms with van der Waals surface area (Å²) in [5, 5.41) is 0.